The van der Waals surface area contributed by atoms with E-state index in [0.717, 1.165) is 4.90 Å². The minimum Gasteiger partial charge on any atom is -0.394 e. The number of carbonyl (C=O) groups is 1. The highest BCUT2D eigenvalue weighted by molar-refractivity contribution is 5.72. The van der Waals surface area contributed by atoms with Crippen LogP contribution in [0.2, 0.25) is 0 Å². The summed E-state index contributed by atoms with van der Waals surface area (Å²) in [6.45, 7) is 0.386. The average Bonchev–Trinajstić information content (AvgIpc) is 2.25. The van der Waals surface area contributed by atoms with Crippen LogP contribution < -0.4 is 0 Å². The summed E-state index contributed by atoms with van der Waals surface area (Å²) in [6.07, 6.45) is -6.23. The quantitative estimate of drug-likeness (QED) is 0.333. The summed E-state index contributed by atoms with van der Waals surface area (Å²) < 4.78 is 0. The number of carbonyl (C=O) groups excluding carboxylic acids is 1. The molecule has 96 valence electrons. The van der Waals surface area contributed by atoms with Gasteiger partial charge in [0, 0.05) is 20.5 Å². The smallest absolute Gasteiger partial charge is 0.219 e. The maximum absolute atomic E-state index is 10.8. The number of hydrogen-bond donors (Lipinski definition) is 5. The Hall–Kier alpha value is -0.730. The Kier molecular flexibility index (Phi) is 6.46. The van der Waals surface area contributed by atoms with Gasteiger partial charge < -0.3 is 30.4 Å². The molecule has 16 heavy (non-hydrogen) atoms. The molecule has 4 atom stereocenters. The van der Waals surface area contributed by atoms with Gasteiger partial charge in [-0.05, 0) is 0 Å². The van der Waals surface area contributed by atoms with Crippen molar-refractivity contribution in [3.05, 3.63) is 0 Å². The van der Waals surface area contributed by atoms with E-state index in [0.29, 0.717) is 0 Å². The molecule has 0 bridgehead atoms. The van der Waals surface area contributed by atoms with Crippen LogP contribution in [0.1, 0.15) is 6.92 Å². The summed E-state index contributed by atoms with van der Waals surface area (Å²) >= 11 is 0. The summed E-state index contributed by atoms with van der Waals surface area (Å²) in [5.74, 6) is -0.302. The van der Waals surface area contributed by atoms with Crippen LogP contribution in [-0.4, -0.2) is 81.0 Å². The molecule has 0 fully saturated rings. The molecule has 0 unspecified atom stereocenters. The summed E-state index contributed by atoms with van der Waals surface area (Å²) in [5, 5.41) is 45.7. The summed E-state index contributed by atoms with van der Waals surface area (Å²) in [6, 6.07) is 0. The lowest BCUT2D eigenvalue weighted by Gasteiger charge is -2.28. The van der Waals surface area contributed by atoms with Gasteiger partial charge in [-0.2, -0.15) is 0 Å². The predicted octanol–water partition coefficient (Wildman–Crippen LogP) is -3.10. The van der Waals surface area contributed by atoms with E-state index in [1.54, 1.807) is 0 Å². The highest BCUT2D eigenvalue weighted by Gasteiger charge is 2.30. The zero-order valence-electron chi connectivity index (χ0n) is 9.32. The summed E-state index contributed by atoms with van der Waals surface area (Å²) in [5.41, 5.74) is 0. The highest BCUT2D eigenvalue weighted by atomic mass is 16.4. The van der Waals surface area contributed by atoms with Crippen molar-refractivity contribution in [3.8, 4) is 0 Å². The number of amides is 1. The molecule has 1 amide bonds. The standard InChI is InChI=1S/C9H19NO6/c1-5(12)10(2)3-6(13)8(15)9(16)7(14)4-11/h6-9,11,13-16H,3-4H2,1-2H3/t6-,7-,8+,9-/m1/s1. The Morgan fingerprint density at radius 1 is 1.12 bits per heavy atom. The largest absolute Gasteiger partial charge is 0.394 e. The van der Waals surface area contributed by atoms with Crippen molar-refractivity contribution in [2.24, 2.45) is 0 Å². The fourth-order valence-corrected chi connectivity index (χ4v) is 1.08. The number of rotatable bonds is 6. The van der Waals surface area contributed by atoms with Gasteiger partial charge in [-0.3, -0.25) is 4.79 Å². The van der Waals surface area contributed by atoms with E-state index >= 15 is 0 Å². The SMILES string of the molecule is CC(=O)N(C)C[C@@H](O)[C@H](O)[C@H](O)[C@H](O)CO. The van der Waals surface area contributed by atoms with E-state index in [-0.39, 0.29) is 12.5 Å². The maximum Gasteiger partial charge on any atom is 0.219 e. The molecule has 0 rings (SSSR count). The first-order chi connectivity index (χ1) is 7.31. The molecular formula is C9H19NO6. The van der Waals surface area contributed by atoms with Crippen molar-refractivity contribution in [1.82, 2.24) is 4.90 Å². The van der Waals surface area contributed by atoms with Crippen LogP contribution in [0, 0.1) is 0 Å². The van der Waals surface area contributed by atoms with Crippen LogP contribution in [0.5, 0.6) is 0 Å². The van der Waals surface area contributed by atoms with Gasteiger partial charge >= 0.3 is 0 Å². The Morgan fingerprint density at radius 3 is 1.94 bits per heavy atom. The van der Waals surface area contributed by atoms with Crippen LogP contribution in [-0.2, 0) is 4.79 Å². The van der Waals surface area contributed by atoms with Gasteiger partial charge in [-0.25, -0.2) is 0 Å². The molecule has 0 aromatic rings. The third-order valence-corrected chi connectivity index (χ3v) is 2.32. The van der Waals surface area contributed by atoms with Crippen LogP contribution in [0.3, 0.4) is 0 Å². The van der Waals surface area contributed by atoms with Gasteiger partial charge in [0.25, 0.3) is 0 Å². The Labute approximate surface area is 93.6 Å². The van der Waals surface area contributed by atoms with Gasteiger partial charge in [-0.1, -0.05) is 0 Å². The number of aliphatic hydroxyl groups is 5. The summed E-state index contributed by atoms with van der Waals surface area (Å²) in [4.78, 5) is 12.0. The third-order valence-electron chi connectivity index (χ3n) is 2.32. The predicted molar refractivity (Wildman–Crippen MR) is 54.4 cm³/mol. The lowest BCUT2D eigenvalue weighted by Crippen LogP contribution is -2.49. The average molecular weight is 237 g/mol. The van der Waals surface area contributed by atoms with Gasteiger partial charge in [0.1, 0.15) is 24.4 Å². The molecule has 7 nitrogen and oxygen atoms in total. The van der Waals surface area contributed by atoms with Crippen LogP contribution in [0.25, 0.3) is 0 Å². The second-order valence-corrected chi connectivity index (χ2v) is 3.70. The zero-order valence-corrected chi connectivity index (χ0v) is 9.32. The molecule has 7 heteroatoms. The van der Waals surface area contributed by atoms with E-state index < -0.39 is 31.0 Å². The number of hydrogen-bond acceptors (Lipinski definition) is 6. The minimum atomic E-state index is -1.67. The summed E-state index contributed by atoms with van der Waals surface area (Å²) in [7, 11) is 1.42. The topological polar surface area (TPSA) is 121 Å². The highest BCUT2D eigenvalue weighted by Crippen LogP contribution is 2.06. The fraction of sp³-hybridized carbons (Fsp3) is 0.889. The Balaban J connectivity index is 4.27. The molecule has 0 heterocycles. The lowest BCUT2D eigenvalue weighted by atomic mass is 10.0. The molecule has 0 aromatic carbocycles. The van der Waals surface area contributed by atoms with Crippen molar-refractivity contribution in [2.75, 3.05) is 20.2 Å². The second-order valence-electron chi connectivity index (χ2n) is 3.70. The molecule has 0 radical (unpaired) electrons. The first-order valence-corrected chi connectivity index (χ1v) is 4.86. The van der Waals surface area contributed by atoms with E-state index in [9.17, 15) is 20.1 Å². The number of nitrogens with zero attached hydrogens (tertiary/aromatic N) is 1. The van der Waals surface area contributed by atoms with Crippen molar-refractivity contribution < 1.29 is 30.3 Å². The van der Waals surface area contributed by atoms with Gasteiger partial charge in [-0.15, -0.1) is 0 Å². The fourth-order valence-electron chi connectivity index (χ4n) is 1.08. The van der Waals surface area contributed by atoms with Crippen LogP contribution >= 0.6 is 0 Å². The molecule has 0 saturated heterocycles. The van der Waals surface area contributed by atoms with E-state index in [1.165, 1.54) is 14.0 Å². The van der Waals surface area contributed by atoms with Crippen molar-refractivity contribution in [1.29, 1.82) is 0 Å². The van der Waals surface area contributed by atoms with Crippen LogP contribution in [0.15, 0.2) is 0 Å². The number of aliphatic hydroxyl groups excluding tert-OH is 5. The first kappa shape index (κ1) is 15.3. The second kappa shape index (κ2) is 6.77. The monoisotopic (exact) mass is 237 g/mol. The normalized spacial score (nSPS) is 18.7. The molecule has 5 N–H and O–H groups in total. The lowest BCUT2D eigenvalue weighted by molar-refractivity contribution is -0.136. The van der Waals surface area contributed by atoms with Gasteiger partial charge in [0.05, 0.1) is 6.61 Å². The van der Waals surface area contributed by atoms with Gasteiger partial charge in [0.15, 0.2) is 0 Å². The molecule has 0 spiro atoms. The van der Waals surface area contributed by atoms with E-state index in [4.69, 9.17) is 10.2 Å². The van der Waals surface area contributed by atoms with Crippen LogP contribution in [0.4, 0.5) is 0 Å². The molecule has 0 aliphatic heterocycles. The third kappa shape index (κ3) is 4.42. The van der Waals surface area contributed by atoms with Gasteiger partial charge in [0.2, 0.25) is 5.91 Å². The molecule has 0 aliphatic rings. The molecular weight excluding hydrogens is 218 g/mol. The van der Waals surface area contributed by atoms with Crippen molar-refractivity contribution in [3.63, 3.8) is 0 Å². The Morgan fingerprint density at radius 2 is 1.56 bits per heavy atom. The first-order valence-electron chi connectivity index (χ1n) is 4.86. The van der Waals surface area contributed by atoms with Crippen molar-refractivity contribution >= 4 is 5.91 Å². The molecule has 0 saturated carbocycles. The van der Waals surface area contributed by atoms with E-state index in [2.05, 4.69) is 0 Å². The zero-order chi connectivity index (χ0) is 12.9. The maximum atomic E-state index is 10.8. The minimum absolute atomic E-state index is 0.175. The molecule has 0 aliphatic carbocycles. The van der Waals surface area contributed by atoms with Crippen molar-refractivity contribution in [2.45, 2.75) is 31.3 Å². The molecule has 0 aromatic heterocycles. The Bertz CT molecular complexity index is 224. The number of likely N-dealkylation sites (N-methyl/N-ethyl adjacent to an activating group) is 1. The van der Waals surface area contributed by atoms with E-state index in [1.807, 2.05) is 0 Å².